The highest BCUT2D eigenvalue weighted by Gasteiger charge is 2.25. The third-order valence-corrected chi connectivity index (χ3v) is 4.17. The number of H-pyrrole nitrogens is 1. The van der Waals surface area contributed by atoms with Crippen LogP contribution in [0.5, 0.6) is 0 Å². The number of aromatic amines is 1. The van der Waals surface area contributed by atoms with Gasteiger partial charge < -0.3 is 11.5 Å². The van der Waals surface area contributed by atoms with Crippen LogP contribution in [-0.4, -0.2) is 11.6 Å². The highest BCUT2D eigenvalue weighted by molar-refractivity contribution is 6.45. The number of hydrogen-bond acceptors (Lipinski definition) is 4. The molecule has 1 heterocycles. The van der Waals surface area contributed by atoms with Crippen molar-refractivity contribution in [1.82, 2.24) is 5.43 Å². The Morgan fingerprint density at radius 2 is 1.74 bits per heavy atom. The minimum atomic E-state index is -0.602. The first-order valence-corrected chi connectivity index (χ1v) is 7.50. The summed E-state index contributed by atoms with van der Waals surface area (Å²) in [5.74, 6) is -0.602. The predicted molar refractivity (Wildman–Crippen MR) is 93.0 cm³/mol. The van der Waals surface area contributed by atoms with Gasteiger partial charge in [0.15, 0.2) is 0 Å². The zero-order valence-electron chi connectivity index (χ0n) is 12.0. The Morgan fingerprint density at radius 3 is 2.35 bits per heavy atom. The zero-order valence-corrected chi connectivity index (χ0v) is 14.2. The molecule has 1 aromatic heterocycles. The molecule has 0 atom stereocenters. The number of nitrogens with zero attached hydrogens (tertiary/aromatic N) is 1. The van der Waals surface area contributed by atoms with Crippen molar-refractivity contribution >= 4 is 57.8 Å². The standard InChI is InChI=1S/C14H12Cl3N5O/c1-6(7-2-4-8(18)5-3-7)21-22-14(23)12-9(15)11(19)10(16)13(17)20-12/h2-5H,18H2,1H3,(H2,19,20)(H,22,23)/p+1/b21-6+. The van der Waals surface area contributed by atoms with E-state index in [0.29, 0.717) is 11.4 Å². The van der Waals surface area contributed by atoms with Gasteiger partial charge in [0.1, 0.15) is 10.0 Å². The van der Waals surface area contributed by atoms with Crippen LogP contribution in [0.1, 0.15) is 23.0 Å². The summed E-state index contributed by atoms with van der Waals surface area (Å²) in [7, 11) is 0. The topological polar surface area (TPSA) is 108 Å². The van der Waals surface area contributed by atoms with Crippen LogP contribution in [0.4, 0.5) is 11.4 Å². The van der Waals surface area contributed by atoms with Crippen LogP contribution in [0.15, 0.2) is 29.4 Å². The van der Waals surface area contributed by atoms with Crippen molar-refractivity contribution in [3.8, 4) is 0 Å². The van der Waals surface area contributed by atoms with Crippen LogP contribution in [0.3, 0.4) is 0 Å². The van der Waals surface area contributed by atoms with E-state index in [1.54, 1.807) is 31.2 Å². The van der Waals surface area contributed by atoms with E-state index in [1.807, 2.05) is 0 Å². The number of benzene rings is 1. The third-order valence-electron chi connectivity index (χ3n) is 3.00. The number of halogens is 3. The molecule has 0 spiro atoms. The molecule has 0 saturated carbocycles. The minimum Gasteiger partial charge on any atom is -0.399 e. The van der Waals surface area contributed by atoms with E-state index < -0.39 is 5.91 Å². The molecular formula is C14H13Cl3N5O+. The number of aromatic nitrogens is 1. The third kappa shape index (κ3) is 3.85. The molecule has 0 aliphatic carbocycles. The summed E-state index contributed by atoms with van der Waals surface area (Å²) < 4.78 is 0. The first-order chi connectivity index (χ1) is 10.8. The van der Waals surface area contributed by atoms with E-state index in [4.69, 9.17) is 46.3 Å². The molecule has 23 heavy (non-hydrogen) atoms. The fraction of sp³-hybridized carbons (Fsp3) is 0.0714. The molecule has 0 saturated heterocycles. The van der Waals surface area contributed by atoms with Crippen LogP contribution in [-0.2, 0) is 0 Å². The number of nitrogen functional groups attached to an aromatic ring is 2. The van der Waals surface area contributed by atoms with Gasteiger partial charge in [0, 0.05) is 5.69 Å². The van der Waals surface area contributed by atoms with Crippen LogP contribution < -0.4 is 21.9 Å². The molecule has 1 amide bonds. The molecule has 120 valence electrons. The van der Waals surface area contributed by atoms with Gasteiger partial charge in [0.2, 0.25) is 0 Å². The summed E-state index contributed by atoms with van der Waals surface area (Å²) in [5, 5.41) is 4.04. The number of amides is 1. The number of nitrogens with one attached hydrogen (secondary N) is 2. The summed E-state index contributed by atoms with van der Waals surface area (Å²) in [6.45, 7) is 1.74. The summed E-state index contributed by atoms with van der Waals surface area (Å²) in [5.41, 5.74) is 15.7. The maximum absolute atomic E-state index is 12.2. The second-order valence-corrected chi connectivity index (χ2v) is 5.75. The molecule has 0 aliphatic heterocycles. The van der Waals surface area contributed by atoms with Crippen molar-refractivity contribution in [1.29, 1.82) is 0 Å². The van der Waals surface area contributed by atoms with Crippen molar-refractivity contribution in [3.63, 3.8) is 0 Å². The zero-order chi connectivity index (χ0) is 17.1. The number of pyridine rings is 1. The van der Waals surface area contributed by atoms with Crippen molar-refractivity contribution in [3.05, 3.63) is 50.7 Å². The lowest BCUT2D eigenvalue weighted by molar-refractivity contribution is -0.379. The van der Waals surface area contributed by atoms with E-state index in [9.17, 15) is 4.79 Å². The van der Waals surface area contributed by atoms with Gasteiger partial charge in [0.25, 0.3) is 10.8 Å². The maximum Gasteiger partial charge on any atom is 0.337 e. The van der Waals surface area contributed by atoms with Crippen molar-refractivity contribution < 1.29 is 9.78 Å². The van der Waals surface area contributed by atoms with Crippen LogP contribution in [0.2, 0.25) is 15.2 Å². The van der Waals surface area contributed by atoms with Gasteiger partial charge in [-0.1, -0.05) is 35.3 Å². The molecule has 0 radical (unpaired) electrons. The monoisotopic (exact) mass is 372 g/mol. The van der Waals surface area contributed by atoms with Crippen LogP contribution in [0, 0.1) is 0 Å². The van der Waals surface area contributed by atoms with Gasteiger partial charge in [0.05, 0.1) is 11.4 Å². The number of carbonyl (C=O) groups is 1. The Morgan fingerprint density at radius 1 is 1.13 bits per heavy atom. The van der Waals surface area contributed by atoms with Gasteiger partial charge in [-0.3, -0.25) is 4.79 Å². The van der Waals surface area contributed by atoms with Gasteiger partial charge in [-0.2, -0.15) is 10.1 Å². The van der Waals surface area contributed by atoms with Crippen molar-refractivity contribution in [2.75, 3.05) is 11.5 Å². The Balaban J connectivity index is 2.23. The first kappa shape index (κ1) is 17.3. The highest BCUT2D eigenvalue weighted by atomic mass is 35.5. The molecule has 1 aromatic carbocycles. The summed E-state index contributed by atoms with van der Waals surface area (Å²) >= 11 is 17.7. The van der Waals surface area contributed by atoms with Gasteiger partial charge in [-0.05, 0) is 36.2 Å². The molecule has 6 nitrogen and oxygen atoms in total. The van der Waals surface area contributed by atoms with E-state index in [0.717, 1.165) is 5.56 Å². The number of carbonyl (C=O) groups excluding carboxylic acids is 1. The summed E-state index contributed by atoms with van der Waals surface area (Å²) in [6.07, 6.45) is 0. The molecule has 0 fully saturated rings. The Kier molecular flexibility index (Phi) is 5.30. The second kappa shape index (κ2) is 7.04. The molecule has 9 heteroatoms. The molecule has 2 aromatic rings. The normalized spacial score (nSPS) is 11.4. The average molecular weight is 374 g/mol. The molecule has 0 unspecified atom stereocenters. The van der Waals surface area contributed by atoms with Crippen molar-refractivity contribution in [2.24, 2.45) is 5.10 Å². The number of hydrazone groups is 1. The molecular weight excluding hydrogens is 361 g/mol. The second-order valence-electron chi connectivity index (χ2n) is 4.62. The lowest BCUT2D eigenvalue weighted by Crippen LogP contribution is -2.29. The Bertz CT molecular complexity index is 790. The minimum absolute atomic E-state index is 0.0120. The largest absolute Gasteiger partial charge is 0.399 e. The summed E-state index contributed by atoms with van der Waals surface area (Å²) in [4.78, 5) is 14.7. The fourth-order valence-corrected chi connectivity index (χ4v) is 2.32. The quantitative estimate of drug-likeness (QED) is 0.333. The Hall–Kier alpha value is -2.02. The van der Waals surface area contributed by atoms with E-state index in [1.165, 1.54) is 0 Å². The Labute approximate surface area is 147 Å². The SMILES string of the molecule is C/C(=N\NC(=O)c1[nH+]c(Cl)c(Cl)c(N)c1Cl)c1ccc(N)cc1. The van der Waals surface area contributed by atoms with E-state index in [2.05, 4.69) is 15.5 Å². The first-order valence-electron chi connectivity index (χ1n) is 6.37. The van der Waals surface area contributed by atoms with E-state index >= 15 is 0 Å². The number of nitrogens with two attached hydrogens (primary N) is 2. The fourth-order valence-electron chi connectivity index (χ4n) is 1.70. The summed E-state index contributed by atoms with van der Waals surface area (Å²) in [6, 6.07) is 7.05. The van der Waals surface area contributed by atoms with E-state index in [-0.39, 0.29) is 26.6 Å². The number of rotatable bonds is 3. The van der Waals surface area contributed by atoms with Gasteiger partial charge in [-0.15, -0.1) is 0 Å². The molecule has 0 bridgehead atoms. The molecule has 2 rings (SSSR count). The number of hydrogen-bond donors (Lipinski definition) is 3. The van der Waals surface area contributed by atoms with Crippen LogP contribution >= 0.6 is 34.8 Å². The lowest BCUT2D eigenvalue weighted by Gasteiger charge is -2.04. The maximum atomic E-state index is 12.2. The lowest BCUT2D eigenvalue weighted by atomic mass is 10.1. The molecule has 6 N–H and O–H groups in total. The van der Waals surface area contributed by atoms with Gasteiger partial charge >= 0.3 is 5.91 Å². The predicted octanol–water partition coefficient (Wildman–Crippen LogP) is 2.78. The van der Waals surface area contributed by atoms with Gasteiger partial charge in [-0.25, -0.2) is 5.43 Å². The smallest absolute Gasteiger partial charge is 0.337 e. The van der Waals surface area contributed by atoms with Crippen molar-refractivity contribution in [2.45, 2.75) is 6.92 Å². The van der Waals surface area contributed by atoms with Crippen LogP contribution in [0.25, 0.3) is 0 Å². The highest BCUT2D eigenvalue weighted by Crippen LogP contribution is 2.31. The number of anilines is 2. The molecule has 0 aliphatic rings. The average Bonchev–Trinajstić information content (AvgIpc) is 2.54.